The fraction of sp³-hybridized carbons (Fsp3) is 0.364. The van der Waals surface area contributed by atoms with E-state index in [1.54, 1.807) is 13.2 Å². The number of alkyl halides is 2. The molecule has 0 aliphatic heterocycles. The van der Waals surface area contributed by atoms with Crippen LogP contribution in [0.15, 0.2) is 12.1 Å². The molecule has 5 heteroatoms. The van der Waals surface area contributed by atoms with Gasteiger partial charge in [0.2, 0.25) is 0 Å². The van der Waals surface area contributed by atoms with Gasteiger partial charge < -0.3 is 5.11 Å². The Labute approximate surface area is 96.7 Å². The molecule has 0 saturated carbocycles. The highest BCUT2D eigenvalue weighted by molar-refractivity contribution is 7.97. The number of carboxylic acid groups (broad SMARTS) is 1. The van der Waals surface area contributed by atoms with Crippen LogP contribution in [-0.4, -0.2) is 17.3 Å². The van der Waals surface area contributed by atoms with Crippen molar-refractivity contribution in [2.75, 3.05) is 6.26 Å². The summed E-state index contributed by atoms with van der Waals surface area (Å²) in [4.78, 5) is 10.9. The maximum atomic E-state index is 12.7. The number of halogens is 2. The van der Waals surface area contributed by atoms with E-state index in [1.807, 2.05) is 0 Å². The molecule has 0 heterocycles. The lowest BCUT2D eigenvalue weighted by atomic mass is 9.98. The Hall–Kier alpha value is -1.10. The van der Waals surface area contributed by atoms with Crippen LogP contribution in [0.1, 0.15) is 33.5 Å². The van der Waals surface area contributed by atoms with Crippen LogP contribution >= 0.6 is 11.8 Å². The summed E-state index contributed by atoms with van der Waals surface area (Å²) in [6.45, 7) is 1.57. The highest BCUT2D eigenvalue weighted by Crippen LogP contribution is 2.29. The molecule has 0 atom stereocenters. The standard InChI is InChI=1S/C11H12F2O2S/c1-6-7(11(14)15)3-4-8(10(12)13)9(6)5-16-2/h3-4,10H,5H2,1-2H3,(H,14,15). The number of carbonyl (C=O) groups is 1. The molecule has 0 spiro atoms. The minimum atomic E-state index is -2.57. The van der Waals surface area contributed by atoms with Gasteiger partial charge in [0.15, 0.2) is 0 Å². The molecule has 0 aliphatic carbocycles. The molecule has 2 nitrogen and oxygen atoms in total. The minimum Gasteiger partial charge on any atom is -0.478 e. The molecule has 0 bridgehead atoms. The van der Waals surface area contributed by atoms with E-state index in [4.69, 9.17) is 5.11 Å². The van der Waals surface area contributed by atoms with E-state index in [9.17, 15) is 13.6 Å². The number of carboxylic acids is 1. The lowest BCUT2D eigenvalue weighted by Gasteiger charge is -2.13. The van der Waals surface area contributed by atoms with Crippen LogP contribution in [0.4, 0.5) is 8.78 Å². The van der Waals surface area contributed by atoms with E-state index in [2.05, 4.69) is 0 Å². The summed E-state index contributed by atoms with van der Waals surface area (Å²) in [5.74, 6) is -0.687. The molecule has 0 saturated heterocycles. The topological polar surface area (TPSA) is 37.3 Å². The maximum absolute atomic E-state index is 12.7. The highest BCUT2D eigenvalue weighted by atomic mass is 32.2. The zero-order valence-electron chi connectivity index (χ0n) is 8.96. The van der Waals surface area contributed by atoms with E-state index < -0.39 is 12.4 Å². The van der Waals surface area contributed by atoms with Crippen LogP contribution in [-0.2, 0) is 5.75 Å². The largest absolute Gasteiger partial charge is 0.478 e. The summed E-state index contributed by atoms with van der Waals surface area (Å²) < 4.78 is 25.4. The van der Waals surface area contributed by atoms with Crippen LogP contribution in [0.3, 0.4) is 0 Å². The molecule has 1 rings (SSSR count). The Kier molecular flexibility index (Phi) is 4.29. The summed E-state index contributed by atoms with van der Waals surface area (Å²) in [6.07, 6.45) is -0.772. The normalized spacial score (nSPS) is 10.8. The zero-order valence-corrected chi connectivity index (χ0v) is 9.78. The Morgan fingerprint density at radius 2 is 2.12 bits per heavy atom. The lowest BCUT2D eigenvalue weighted by Crippen LogP contribution is -2.05. The van der Waals surface area contributed by atoms with Crippen molar-refractivity contribution in [1.82, 2.24) is 0 Å². The molecule has 16 heavy (non-hydrogen) atoms. The zero-order chi connectivity index (χ0) is 12.3. The molecular formula is C11H12F2O2S. The van der Waals surface area contributed by atoms with Crippen molar-refractivity contribution >= 4 is 17.7 Å². The van der Waals surface area contributed by atoms with Gasteiger partial charge in [-0.2, -0.15) is 11.8 Å². The smallest absolute Gasteiger partial charge is 0.335 e. The van der Waals surface area contributed by atoms with Crippen molar-refractivity contribution in [1.29, 1.82) is 0 Å². The van der Waals surface area contributed by atoms with Gasteiger partial charge >= 0.3 is 5.97 Å². The van der Waals surface area contributed by atoms with Crippen molar-refractivity contribution in [3.05, 3.63) is 34.4 Å². The van der Waals surface area contributed by atoms with Gasteiger partial charge in [0.1, 0.15) is 0 Å². The summed E-state index contributed by atoms with van der Waals surface area (Å²) in [5, 5.41) is 8.89. The van der Waals surface area contributed by atoms with Gasteiger partial charge in [-0.3, -0.25) is 0 Å². The lowest BCUT2D eigenvalue weighted by molar-refractivity contribution is 0.0695. The second-order valence-corrected chi connectivity index (χ2v) is 4.21. The summed E-state index contributed by atoms with van der Waals surface area (Å²) >= 11 is 1.39. The Balaban J connectivity index is 3.35. The van der Waals surface area contributed by atoms with Crippen LogP contribution in [0.5, 0.6) is 0 Å². The third-order valence-electron chi connectivity index (χ3n) is 2.39. The van der Waals surface area contributed by atoms with Crippen LogP contribution < -0.4 is 0 Å². The molecule has 1 N–H and O–H groups in total. The van der Waals surface area contributed by atoms with E-state index in [0.717, 1.165) is 0 Å². The fourth-order valence-corrected chi connectivity index (χ4v) is 2.22. The molecule has 0 aliphatic rings. The molecule has 1 aromatic carbocycles. The molecule has 0 unspecified atom stereocenters. The highest BCUT2D eigenvalue weighted by Gasteiger charge is 2.18. The van der Waals surface area contributed by atoms with E-state index in [-0.39, 0.29) is 11.1 Å². The summed E-state index contributed by atoms with van der Waals surface area (Å²) in [7, 11) is 0. The number of benzene rings is 1. The molecule has 0 amide bonds. The monoisotopic (exact) mass is 246 g/mol. The third kappa shape index (κ3) is 2.52. The van der Waals surface area contributed by atoms with E-state index in [1.165, 1.54) is 23.9 Å². The first kappa shape index (κ1) is 13.0. The second-order valence-electron chi connectivity index (χ2n) is 3.34. The molecule has 0 aromatic heterocycles. The van der Waals surface area contributed by atoms with Gasteiger partial charge in [-0.15, -0.1) is 0 Å². The Bertz CT molecular complexity index is 405. The van der Waals surface area contributed by atoms with Crippen molar-refractivity contribution < 1.29 is 18.7 Å². The van der Waals surface area contributed by atoms with Crippen LogP contribution in [0.2, 0.25) is 0 Å². The van der Waals surface area contributed by atoms with Gasteiger partial charge in [-0.1, -0.05) is 6.07 Å². The molecular weight excluding hydrogens is 234 g/mol. The maximum Gasteiger partial charge on any atom is 0.335 e. The SMILES string of the molecule is CSCc1c(C(F)F)ccc(C(=O)O)c1C. The molecule has 0 radical (unpaired) electrons. The van der Waals surface area contributed by atoms with Crippen LogP contribution in [0.25, 0.3) is 0 Å². The first-order chi connectivity index (χ1) is 7.49. The first-order valence-corrected chi connectivity index (χ1v) is 6.01. The summed E-state index contributed by atoms with van der Waals surface area (Å²) in [6, 6.07) is 2.44. The number of hydrogen-bond acceptors (Lipinski definition) is 2. The van der Waals surface area contributed by atoms with Crippen LogP contribution in [0, 0.1) is 6.92 Å². The first-order valence-electron chi connectivity index (χ1n) is 4.61. The van der Waals surface area contributed by atoms with Gasteiger partial charge in [0.05, 0.1) is 5.56 Å². The fourth-order valence-electron chi connectivity index (χ4n) is 1.55. The van der Waals surface area contributed by atoms with Gasteiger partial charge in [0.25, 0.3) is 6.43 Å². The van der Waals surface area contributed by atoms with Crippen molar-refractivity contribution in [3.8, 4) is 0 Å². The Morgan fingerprint density at radius 3 is 2.56 bits per heavy atom. The number of rotatable bonds is 4. The second kappa shape index (κ2) is 5.30. The van der Waals surface area contributed by atoms with Crippen molar-refractivity contribution in [2.45, 2.75) is 19.1 Å². The van der Waals surface area contributed by atoms with Crippen molar-refractivity contribution in [2.24, 2.45) is 0 Å². The number of aromatic carboxylic acids is 1. The number of thioether (sulfide) groups is 1. The quantitative estimate of drug-likeness (QED) is 0.883. The third-order valence-corrected chi connectivity index (χ3v) is 2.97. The Morgan fingerprint density at radius 1 is 1.50 bits per heavy atom. The molecule has 0 fully saturated rings. The average Bonchev–Trinajstić information content (AvgIpc) is 2.20. The van der Waals surface area contributed by atoms with Gasteiger partial charge in [0, 0.05) is 11.3 Å². The average molecular weight is 246 g/mol. The molecule has 1 aromatic rings. The van der Waals surface area contributed by atoms with Gasteiger partial charge in [-0.05, 0) is 30.4 Å². The van der Waals surface area contributed by atoms with Crippen molar-refractivity contribution in [3.63, 3.8) is 0 Å². The minimum absolute atomic E-state index is 0.0724. The summed E-state index contributed by atoms with van der Waals surface area (Å²) in [5.41, 5.74) is 0.882. The predicted octanol–water partition coefficient (Wildman–Crippen LogP) is 3.49. The predicted molar refractivity (Wildman–Crippen MR) is 60.3 cm³/mol. The van der Waals surface area contributed by atoms with E-state index in [0.29, 0.717) is 16.9 Å². The number of hydrogen-bond donors (Lipinski definition) is 1. The van der Waals surface area contributed by atoms with E-state index >= 15 is 0 Å². The molecule has 88 valence electrons. The van der Waals surface area contributed by atoms with Gasteiger partial charge in [-0.25, -0.2) is 13.6 Å².